The number of carbonyl (C=O) groups excluding carboxylic acids is 1. The lowest BCUT2D eigenvalue weighted by Gasteiger charge is -2.17. The molecule has 26 heavy (non-hydrogen) atoms. The second-order valence-electron chi connectivity index (χ2n) is 6.12. The first kappa shape index (κ1) is 19.5. The Labute approximate surface area is 155 Å². The highest BCUT2D eigenvalue weighted by atomic mass is 16.5. The van der Waals surface area contributed by atoms with Crippen LogP contribution in [0.15, 0.2) is 48.5 Å². The van der Waals surface area contributed by atoms with E-state index in [9.17, 15) is 4.79 Å². The molecule has 0 saturated heterocycles. The summed E-state index contributed by atoms with van der Waals surface area (Å²) in [6, 6.07) is 16.2. The van der Waals surface area contributed by atoms with Crippen LogP contribution in [0.2, 0.25) is 0 Å². The van der Waals surface area contributed by atoms with Gasteiger partial charge in [0.1, 0.15) is 11.9 Å². The van der Waals surface area contributed by atoms with Gasteiger partial charge in [0, 0.05) is 0 Å². The van der Waals surface area contributed by atoms with Gasteiger partial charge in [0.25, 0.3) is 0 Å². The van der Waals surface area contributed by atoms with Crippen LogP contribution < -0.4 is 4.74 Å². The van der Waals surface area contributed by atoms with Crippen molar-refractivity contribution in [3.63, 3.8) is 0 Å². The van der Waals surface area contributed by atoms with E-state index >= 15 is 0 Å². The monoisotopic (exact) mass is 351 g/mol. The van der Waals surface area contributed by atoms with Crippen molar-refractivity contribution in [1.29, 1.82) is 5.26 Å². The third kappa shape index (κ3) is 5.63. The molecule has 1 unspecified atom stereocenters. The van der Waals surface area contributed by atoms with E-state index in [0.29, 0.717) is 17.5 Å². The van der Waals surface area contributed by atoms with Crippen molar-refractivity contribution in [2.24, 2.45) is 0 Å². The standard InChI is InChI=1S/C22H25NO3/c1-3-5-6-15-25-20-13-11-18(12-14-20)21(4-2)26-22(24)19-9-7-17(16-23)8-10-19/h7-14,21H,3-6,15H2,1-2H3. The Hall–Kier alpha value is -2.80. The van der Waals surface area contributed by atoms with E-state index in [0.717, 1.165) is 24.3 Å². The van der Waals surface area contributed by atoms with Crippen molar-refractivity contribution < 1.29 is 14.3 Å². The highest BCUT2D eigenvalue weighted by Gasteiger charge is 2.16. The van der Waals surface area contributed by atoms with E-state index < -0.39 is 0 Å². The van der Waals surface area contributed by atoms with Crippen LogP contribution in [0.25, 0.3) is 0 Å². The lowest BCUT2D eigenvalue weighted by molar-refractivity contribution is 0.0288. The van der Waals surface area contributed by atoms with Crippen LogP contribution in [0.4, 0.5) is 0 Å². The number of nitriles is 1. The van der Waals surface area contributed by atoms with Gasteiger partial charge in [-0.25, -0.2) is 4.79 Å². The summed E-state index contributed by atoms with van der Waals surface area (Å²) in [4.78, 5) is 12.3. The molecule has 0 spiro atoms. The number of carbonyl (C=O) groups is 1. The third-order valence-electron chi connectivity index (χ3n) is 4.14. The zero-order valence-electron chi connectivity index (χ0n) is 15.4. The van der Waals surface area contributed by atoms with E-state index in [4.69, 9.17) is 14.7 Å². The number of ether oxygens (including phenoxy) is 2. The molecule has 1 atom stereocenters. The molecule has 0 aliphatic heterocycles. The molecule has 0 aliphatic rings. The average Bonchev–Trinajstić information content (AvgIpc) is 2.70. The van der Waals surface area contributed by atoms with Gasteiger partial charge < -0.3 is 9.47 Å². The SMILES string of the molecule is CCCCCOc1ccc(C(CC)OC(=O)c2ccc(C#N)cc2)cc1. The summed E-state index contributed by atoms with van der Waals surface area (Å²) in [7, 11) is 0. The third-order valence-corrected chi connectivity index (χ3v) is 4.14. The molecule has 2 aromatic carbocycles. The van der Waals surface area contributed by atoms with E-state index in [1.165, 1.54) is 12.8 Å². The first-order valence-electron chi connectivity index (χ1n) is 9.11. The maximum Gasteiger partial charge on any atom is 0.338 e. The van der Waals surface area contributed by atoms with Crippen molar-refractivity contribution in [3.05, 3.63) is 65.2 Å². The Morgan fingerprint density at radius 3 is 2.31 bits per heavy atom. The summed E-state index contributed by atoms with van der Waals surface area (Å²) >= 11 is 0. The molecule has 0 heterocycles. The molecule has 2 aromatic rings. The van der Waals surface area contributed by atoms with Crippen LogP contribution in [-0.4, -0.2) is 12.6 Å². The molecule has 2 rings (SSSR count). The zero-order chi connectivity index (χ0) is 18.8. The quantitative estimate of drug-likeness (QED) is 0.446. The maximum atomic E-state index is 12.3. The van der Waals surface area contributed by atoms with Crippen LogP contribution in [0, 0.1) is 11.3 Å². The number of hydrogen-bond acceptors (Lipinski definition) is 4. The van der Waals surface area contributed by atoms with Gasteiger partial charge in [0.15, 0.2) is 0 Å². The second kappa shape index (κ2) is 10.2. The summed E-state index contributed by atoms with van der Waals surface area (Å²) in [6.45, 7) is 4.86. The molecule has 0 aromatic heterocycles. The van der Waals surface area contributed by atoms with Crippen molar-refractivity contribution in [3.8, 4) is 11.8 Å². The summed E-state index contributed by atoms with van der Waals surface area (Å²) in [6.07, 6.45) is 3.76. The first-order chi connectivity index (χ1) is 12.7. The number of unbranched alkanes of at least 4 members (excludes halogenated alkanes) is 2. The van der Waals surface area contributed by atoms with Gasteiger partial charge in [-0.15, -0.1) is 0 Å². The Bertz CT molecular complexity index is 729. The van der Waals surface area contributed by atoms with Crippen LogP contribution in [0.3, 0.4) is 0 Å². The van der Waals surface area contributed by atoms with Crippen LogP contribution in [0.1, 0.15) is 67.1 Å². The lowest BCUT2D eigenvalue weighted by atomic mass is 10.1. The van der Waals surface area contributed by atoms with Crippen molar-refractivity contribution in [2.75, 3.05) is 6.61 Å². The predicted octanol–water partition coefficient (Wildman–Crippen LogP) is 5.44. The van der Waals surface area contributed by atoms with Crippen molar-refractivity contribution in [2.45, 2.75) is 45.6 Å². The smallest absolute Gasteiger partial charge is 0.338 e. The van der Waals surface area contributed by atoms with Crippen LogP contribution in [0.5, 0.6) is 5.75 Å². The Morgan fingerprint density at radius 1 is 1.04 bits per heavy atom. The fourth-order valence-electron chi connectivity index (χ4n) is 2.59. The minimum Gasteiger partial charge on any atom is -0.494 e. The molecule has 0 bridgehead atoms. The Balaban J connectivity index is 1.96. The highest BCUT2D eigenvalue weighted by Crippen LogP contribution is 2.25. The molecule has 4 heteroatoms. The molecule has 0 fully saturated rings. The minimum atomic E-state index is -0.388. The van der Waals surface area contributed by atoms with Crippen LogP contribution >= 0.6 is 0 Å². The van der Waals surface area contributed by atoms with E-state index in [1.807, 2.05) is 37.3 Å². The first-order valence-corrected chi connectivity index (χ1v) is 9.11. The zero-order valence-corrected chi connectivity index (χ0v) is 15.4. The van der Waals surface area contributed by atoms with Gasteiger partial charge in [0.2, 0.25) is 0 Å². The molecule has 0 saturated carbocycles. The van der Waals surface area contributed by atoms with Gasteiger partial charge in [-0.05, 0) is 54.8 Å². The fraction of sp³-hybridized carbons (Fsp3) is 0.364. The number of hydrogen-bond donors (Lipinski definition) is 0. The molecule has 0 aliphatic carbocycles. The number of nitrogens with zero attached hydrogens (tertiary/aromatic N) is 1. The maximum absolute atomic E-state index is 12.3. The lowest BCUT2D eigenvalue weighted by Crippen LogP contribution is -2.11. The highest BCUT2D eigenvalue weighted by molar-refractivity contribution is 5.89. The van der Waals surface area contributed by atoms with E-state index in [2.05, 4.69) is 6.92 Å². The Kier molecular flexibility index (Phi) is 7.70. The molecular weight excluding hydrogens is 326 g/mol. The summed E-state index contributed by atoms with van der Waals surface area (Å²) < 4.78 is 11.4. The molecule has 4 nitrogen and oxygen atoms in total. The molecule has 0 amide bonds. The van der Waals surface area contributed by atoms with Crippen molar-refractivity contribution >= 4 is 5.97 Å². The van der Waals surface area contributed by atoms with E-state index in [-0.39, 0.29) is 12.1 Å². The Morgan fingerprint density at radius 2 is 1.73 bits per heavy atom. The average molecular weight is 351 g/mol. The summed E-state index contributed by atoms with van der Waals surface area (Å²) in [5.74, 6) is 0.444. The number of rotatable bonds is 9. The normalized spacial score (nSPS) is 11.4. The van der Waals surface area contributed by atoms with Gasteiger partial charge >= 0.3 is 5.97 Å². The minimum absolute atomic E-state index is 0.313. The molecule has 136 valence electrons. The predicted molar refractivity (Wildman–Crippen MR) is 101 cm³/mol. The van der Waals surface area contributed by atoms with Gasteiger partial charge in [-0.3, -0.25) is 0 Å². The summed E-state index contributed by atoms with van der Waals surface area (Å²) in [5, 5.41) is 8.83. The second-order valence-corrected chi connectivity index (χ2v) is 6.12. The fourth-order valence-corrected chi connectivity index (χ4v) is 2.59. The van der Waals surface area contributed by atoms with Gasteiger partial charge in [-0.1, -0.05) is 38.8 Å². The van der Waals surface area contributed by atoms with E-state index in [1.54, 1.807) is 24.3 Å². The molecule has 0 N–H and O–H groups in total. The molecule has 0 radical (unpaired) electrons. The summed E-state index contributed by atoms with van der Waals surface area (Å²) in [5.41, 5.74) is 1.90. The topological polar surface area (TPSA) is 59.3 Å². The van der Waals surface area contributed by atoms with Crippen LogP contribution in [-0.2, 0) is 4.74 Å². The number of benzene rings is 2. The van der Waals surface area contributed by atoms with Crippen molar-refractivity contribution in [1.82, 2.24) is 0 Å². The molecular formula is C22H25NO3. The van der Waals surface area contributed by atoms with Gasteiger partial charge in [0.05, 0.1) is 23.8 Å². The largest absolute Gasteiger partial charge is 0.494 e. The van der Waals surface area contributed by atoms with Gasteiger partial charge in [-0.2, -0.15) is 5.26 Å². The number of esters is 1.